The van der Waals surface area contributed by atoms with Gasteiger partial charge in [0.1, 0.15) is 0 Å². The van der Waals surface area contributed by atoms with Crippen molar-refractivity contribution in [2.45, 2.75) is 13.8 Å². The molecule has 0 aliphatic carbocycles. The van der Waals surface area contributed by atoms with Gasteiger partial charge in [-0.3, -0.25) is 0 Å². The number of benzene rings is 1. The third kappa shape index (κ3) is 3.54. The van der Waals surface area contributed by atoms with Crippen LogP contribution in [0, 0.1) is 0 Å². The molecule has 1 aromatic carbocycles. The van der Waals surface area contributed by atoms with E-state index >= 15 is 0 Å². The maximum Gasteiger partial charge on any atom is 0.387 e. The Morgan fingerprint density at radius 1 is 1.18 bits per heavy atom. The summed E-state index contributed by atoms with van der Waals surface area (Å²) in [5, 5.41) is 0. The minimum absolute atomic E-state index is 0.211. The topological polar surface area (TPSA) is 63.7 Å². The molecule has 0 amide bonds. The summed E-state index contributed by atoms with van der Waals surface area (Å²) < 4.78 is 28.9. The molecule has 0 atom stereocenters. The number of carbonyl (C=O) groups excluding carboxylic acids is 1. The van der Waals surface area contributed by atoms with Crippen molar-refractivity contribution in [2.75, 3.05) is 13.1 Å². The number of hydrogen-bond acceptors (Lipinski definition) is 4. The Bertz CT molecular complexity index is 466. The van der Waals surface area contributed by atoms with E-state index < -0.39 is 16.3 Å². The lowest BCUT2D eigenvalue weighted by Crippen LogP contribution is -2.33. The van der Waals surface area contributed by atoms with Crippen molar-refractivity contribution < 1.29 is 17.4 Å². The van der Waals surface area contributed by atoms with Crippen molar-refractivity contribution in [2.24, 2.45) is 0 Å². The summed E-state index contributed by atoms with van der Waals surface area (Å²) in [6.45, 7) is 3.89. The van der Waals surface area contributed by atoms with Crippen LogP contribution in [-0.4, -0.2) is 31.8 Å². The summed E-state index contributed by atoms with van der Waals surface area (Å²) in [5.74, 6) is -0.863. The van der Waals surface area contributed by atoms with Crippen LogP contribution in [-0.2, 0) is 14.5 Å². The normalized spacial score (nSPS) is 11.5. The van der Waals surface area contributed by atoms with Crippen LogP contribution in [0.25, 0.3) is 0 Å². The van der Waals surface area contributed by atoms with Crippen LogP contribution >= 0.6 is 0 Å². The summed E-state index contributed by atoms with van der Waals surface area (Å²) in [6, 6.07) is 8.01. The standard InChI is InChI=1S/C11H15NO4S/c1-3-12(4-2)17(14,15)16-11(13)10-8-6-5-7-9-10/h5-9H,3-4H2,1-2H3. The molecule has 1 aromatic rings. The maximum absolute atomic E-state index is 11.7. The lowest BCUT2D eigenvalue weighted by molar-refractivity contribution is 0.0732. The van der Waals surface area contributed by atoms with Crippen LogP contribution in [0.15, 0.2) is 30.3 Å². The average molecular weight is 257 g/mol. The number of rotatable bonds is 5. The molecule has 0 radical (unpaired) electrons. The predicted molar refractivity (Wildman–Crippen MR) is 63.7 cm³/mol. The lowest BCUT2D eigenvalue weighted by atomic mass is 10.2. The van der Waals surface area contributed by atoms with E-state index in [1.807, 2.05) is 0 Å². The van der Waals surface area contributed by atoms with Gasteiger partial charge in [-0.15, -0.1) is 0 Å². The third-order valence-electron chi connectivity index (χ3n) is 2.21. The van der Waals surface area contributed by atoms with Crippen LogP contribution < -0.4 is 0 Å². The van der Waals surface area contributed by atoms with E-state index in [9.17, 15) is 13.2 Å². The monoisotopic (exact) mass is 257 g/mol. The van der Waals surface area contributed by atoms with E-state index in [2.05, 4.69) is 4.18 Å². The SMILES string of the molecule is CCN(CC)S(=O)(=O)OC(=O)c1ccccc1. The Morgan fingerprint density at radius 2 is 1.71 bits per heavy atom. The maximum atomic E-state index is 11.7. The van der Waals surface area contributed by atoms with Crippen LogP contribution in [0.4, 0.5) is 0 Å². The summed E-state index contributed by atoms with van der Waals surface area (Å²) in [5.41, 5.74) is 0.211. The van der Waals surface area contributed by atoms with E-state index in [0.717, 1.165) is 4.31 Å². The zero-order chi connectivity index (χ0) is 12.9. The molecule has 6 heteroatoms. The Labute approximate surface area is 101 Å². The molecule has 0 aromatic heterocycles. The highest BCUT2D eigenvalue weighted by molar-refractivity contribution is 7.84. The van der Waals surface area contributed by atoms with Gasteiger partial charge in [-0.2, -0.15) is 12.7 Å². The highest BCUT2D eigenvalue weighted by Gasteiger charge is 2.24. The smallest absolute Gasteiger partial charge is 0.329 e. The molecule has 0 unspecified atom stereocenters. The first kappa shape index (κ1) is 13.7. The number of carbonyl (C=O) groups is 1. The third-order valence-corrected chi connectivity index (χ3v) is 3.72. The molecule has 0 spiro atoms. The predicted octanol–water partition coefficient (Wildman–Crippen LogP) is 1.43. The van der Waals surface area contributed by atoms with Gasteiger partial charge in [0.15, 0.2) is 0 Å². The lowest BCUT2D eigenvalue weighted by Gasteiger charge is -2.16. The fourth-order valence-corrected chi connectivity index (χ4v) is 2.34. The molecule has 0 saturated heterocycles. The first-order valence-electron chi connectivity index (χ1n) is 5.30. The van der Waals surface area contributed by atoms with Gasteiger partial charge in [-0.05, 0) is 12.1 Å². The van der Waals surface area contributed by atoms with Crippen molar-refractivity contribution in [1.29, 1.82) is 0 Å². The van der Waals surface area contributed by atoms with Gasteiger partial charge in [0.05, 0.1) is 5.56 Å². The average Bonchev–Trinajstić information content (AvgIpc) is 2.30. The van der Waals surface area contributed by atoms with E-state index in [1.165, 1.54) is 12.1 Å². The van der Waals surface area contributed by atoms with Gasteiger partial charge >= 0.3 is 16.3 Å². The minimum Gasteiger partial charge on any atom is -0.329 e. The van der Waals surface area contributed by atoms with Crippen LogP contribution in [0.1, 0.15) is 24.2 Å². The molecule has 0 N–H and O–H groups in total. The highest BCUT2D eigenvalue weighted by Crippen LogP contribution is 2.08. The van der Waals surface area contributed by atoms with E-state index in [4.69, 9.17) is 0 Å². The van der Waals surface area contributed by atoms with Crippen LogP contribution in [0.5, 0.6) is 0 Å². The van der Waals surface area contributed by atoms with E-state index in [-0.39, 0.29) is 18.7 Å². The molecule has 17 heavy (non-hydrogen) atoms. The van der Waals surface area contributed by atoms with Crippen molar-refractivity contribution >= 4 is 16.3 Å². The highest BCUT2D eigenvalue weighted by atomic mass is 32.2. The second-order valence-electron chi connectivity index (χ2n) is 3.28. The zero-order valence-electron chi connectivity index (χ0n) is 9.79. The zero-order valence-corrected chi connectivity index (χ0v) is 10.6. The fourth-order valence-electron chi connectivity index (χ4n) is 1.31. The Kier molecular flexibility index (Phi) is 4.65. The van der Waals surface area contributed by atoms with Crippen molar-refractivity contribution in [3.8, 4) is 0 Å². The molecule has 0 aliphatic rings. The quantitative estimate of drug-likeness (QED) is 0.800. The first-order chi connectivity index (χ1) is 8.01. The van der Waals surface area contributed by atoms with Crippen LogP contribution in [0.3, 0.4) is 0 Å². The van der Waals surface area contributed by atoms with Crippen LogP contribution in [0.2, 0.25) is 0 Å². The van der Waals surface area contributed by atoms with E-state index in [1.54, 1.807) is 32.0 Å². The second kappa shape index (κ2) is 5.79. The summed E-state index contributed by atoms with van der Waals surface area (Å²) in [7, 11) is -3.99. The molecule has 1 rings (SSSR count). The molecular weight excluding hydrogens is 242 g/mol. The molecule has 5 nitrogen and oxygen atoms in total. The van der Waals surface area contributed by atoms with E-state index in [0.29, 0.717) is 0 Å². The van der Waals surface area contributed by atoms with Crippen molar-refractivity contribution in [3.63, 3.8) is 0 Å². The van der Waals surface area contributed by atoms with Gasteiger partial charge in [-0.1, -0.05) is 32.0 Å². The van der Waals surface area contributed by atoms with Crippen molar-refractivity contribution in [3.05, 3.63) is 35.9 Å². The molecule has 0 aliphatic heterocycles. The van der Waals surface area contributed by atoms with Gasteiger partial charge < -0.3 is 4.18 Å². The summed E-state index contributed by atoms with van der Waals surface area (Å²) in [4.78, 5) is 11.6. The number of hydrogen-bond donors (Lipinski definition) is 0. The summed E-state index contributed by atoms with van der Waals surface area (Å²) in [6.07, 6.45) is 0. The fraction of sp³-hybridized carbons (Fsp3) is 0.364. The molecule has 0 bridgehead atoms. The molecule has 94 valence electrons. The molecule has 0 fully saturated rings. The molecule has 0 saturated carbocycles. The minimum atomic E-state index is -3.99. The molecular formula is C11H15NO4S. The largest absolute Gasteiger partial charge is 0.387 e. The molecule has 0 heterocycles. The Hall–Kier alpha value is -1.40. The van der Waals surface area contributed by atoms with Gasteiger partial charge in [-0.25, -0.2) is 4.79 Å². The van der Waals surface area contributed by atoms with Gasteiger partial charge in [0.25, 0.3) is 0 Å². The van der Waals surface area contributed by atoms with Gasteiger partial charge in [0.2, 0.25) is 0 Å². The van der Waals surface area contributed by atoms with Gasteiger partial charge in [0, 0.05) is 13.1 Å². The second-order valence-corrected chi connectivity index (χ2v) is 4.82. The number of nitrogens with zero attached hydrogens (tertiary/aromatic N) is 1. The van der Waals surface area contributed by atoms with Crippen molar-refractivity contribution in [1.82, 2.24) is 4.31 Å². The Morgan fingerprint density at radius 3 is 2.18 bits per heavy atom. The summed E-state index contributed by atoms with van der Waals surface area (Å²) >= 11 is 0. The first-order valence-corrected chi connectivity index (χ1v) is 6.66. The Balaban J connectivity index is 2.82.